The molecule has 0 aromatic heterocycles. The van der Waals surface area contributed by atoms with Crippen molar-refractivity contribution in [3.63, 3.8) is 0 Å². The van der Waals surface area contributed by atoms with Gasteiger partial charge in [-0.05, 0) is 24.3 Å². The molecule has 1 aromatic rings. The lowest BCUT2D eigenvalue weighted by atomic mass is 10.00. The van der Waals surface area contributed by atoms with Crippen molar-refractivity contribution < 1.29 is 9.59 Å². The highest BCUT2D eigenvalue weighted by molar-refractivity contribution is 6.30. The highest BCUT2D eigenvalue weighted by Crippen LogP contribution is 2.12. The van der Waals surface area contributed by atoms with Crippen LogP contribution in [-0.2, 0) is 4.79 Å². The van der Waals surface area contributed by atoms with Crippen molar-refractivity contribution >= 4 is 23.2 Å². The molecule has 80 valence electrons. The first kappa shape index (κ1) is 11.9. The Labute approximate surface area is 94.2 Å². The van der Waals surface area contributed by atoms with E-state index in [2.05, 4.69) is 0 Å². The molecule has 0 saturated heterocycles. The van der Waals surface area contributed by atoms with Crippen LogP contribution in [0, 0.1) is 5.92 Å². The molecule has 0 heterocycles. The van der Waals surface area contributed by atoms with Gasteiger partial charge in [-0.3, -0.25) is 9.59 Å². The van der Waals surface area contributed by atoms with E-state index in [1.54, 1.807) is 38.1 Å². The minimum atomic E-state index is -0.148. The average Bonchev–Trinajstić information content (AvgIpc) is 2.18. The molecular weight excluding hydrogens is 212 g/mol. The number of carbonyl (C=O) groups is 2. The van der Waals surface area contributed by atoms with Crippen LogP contribution < -0.4 is 0 Å². The average molecular weight is 225 g/mol. The Balaban J connectivity index is 2.69. The Hall–Kier alpha value is -1.15. The third kappa shape index (κ3) is 3.48. The Morgan fingerprint density at radius 2 is 1.73 bits per heavy atom. The van der Waals surface area contributed by atoms with E-state index in [4.69, 9.17) is 11.6 Å². The highest BCUT2D eigenvalue weighted by atomic mass is 35.5. The maximum atomic E-state index is 11.6. The Morgan fingerprint density at radius 1 is 1.20 bits per heavy atom. The van der Waals surface area contributed by atoms with Crippen molar-refractivity contribution in [1.82, 2.24) is 0 Å². The lowest BCUT2D eigenvalue weighted by Gasteiger charge is -2.03. The van der Waals surface area contributed by atoms with Gasteiger partial charge in [-0.1, -0.05) is 25.4 Å². The highest BCUT2D eigenvalue weighted by Gasteiger charge is 2.14. The molecule has 1 rings (SSSR count). The third-order valence-electron chi connectivity index (χ3n) is 2.14. The Morgan fingerprint density at radius 3 is 2.20 bits per heavy atom. The van der Waals surface area contributed by atoms with Gasteiger partial charge in [0, 0.05) is 16.5 Å². The molecule has 0 amide bonds. The number of hydrogen-bond donors (Lipinski definition) is 0. The summed E-state index contributed by atoms with van der Waals surface area (Å²) in [6, 6.07) is 6.57. The predicted octanol–water partition coefficient (Wildman–Crippen LogP) is 3.14. The first-order valence-corrected chi connectivity index (χ1v) is 5.20. The zero-order valence-corrected chi connectivity index (χ0v) is 9.54. The van der Waals surface area contributed by atoms with E-state index < -0.39 is 0 Å². The molecule has 1 aromatic carbocycles. The number of Topliss-reactive ketones (excluding diaryl/α,β-unsaturated/α-hetero) is 2. The predicted molar refractivity (Wildman–Crippen MR) is 60.2 cm³/mol. The van der Waals surface area contributed by atoms with Crippen molar-refractivity contribution in [2.24, 2.45) is 5.92 Å². The Kier molecular flexibility index (Phi) is 4.04. The van der Waals surface area contributed by atoms with Gasteiger partial charge < -0.3 is 0 Å². The molecule has 0 saturated carbocycles. The van der Waals surface area contributed by atoms with Crippen LogP contribution in [0.4, 0.5) is 0 Å². The van der Waals surface area contributed by atoms with Gasteiger partial charge in [-0.15, -0.1) is 0 Å². The second-order valence-corrected chi connectivity index (χ2v) is 4.16. The largest absolute Gasteiger partial charge is 0.299 e. The van der Waals surface area contributed by atoms with Gasteiger partial charge in [-0.25, -0.2) is 0 Å². The van der Waals surface area contributed by atoms with Gasteiger partial charge in [0.1, 0.15) is 5.78 Å². The van der Waals surface area contributed by atoms with Crippen LogP contribution in [0.1, 0.15) is 30.6 Å². The van der Waals surface area contributed by atoms with E-state index in [1.165, 1.54) is 0 Å². The summed E-state index contributed by atoms with van der Waals surface area (Å²) in [5, 5.41) is 0.585. The lowest BCUT2D eigenvalue weighted by molar-refractivity contribution is -0.121. The molecule has 0 fully saturated rings. The van der Waals surface area contributed by atoms with Gasteiger partial charge in [0.05, 0.1) is 6.42 Å². The number of carbonyl (C=O) groups excluding carboxylic acids is 2. The van der Waals surface area contributed by atoms with Crippen LogP contribution in [0.3, 0.4) is 0 Å². The molecule has 0 N–H and O–H groups in total. The fourth-order valence-electron chi connectivity index (χ4n) is 1.10. The Bertz CT molecular complexity index is 366. The van der Waals surface area contributed by atoms with Crippen LogP contribution in [0.25, 0.3) is 0 Å². The first-order valence-electron chi connectivity index (χ1n) is 4.82. The van der Waals surface area contributed by atoms with Gasteiger partial charge in [0.15, 0.2) is 5.78 Å². The molecule has 0 aliphatic carbocycles. The summed E-state index contributed by atoms with van der Waals surface area (Å²) in [5.41, 5.74) is 0.536. The minimum Gasteiger partial charge on any atom is -0.299 e. The standard InChI is InChI=1S/C12H13ClO2/c1-8(2)11(14)7-12(15)9-3-5-10(13)6-4-9/h3-6,8H,7H2,1-2H3. The molecule has 0 atom stereocenters. The third-order valence-corrected chi connectivity index (χ3v) is 2.40. The lowest BCUT2D eigenvalue weighted by Crippen LogP contribution is -2.13. The number of benzene rings is 1. The van der Waals surface area contributed by atoms with Gasteiger partial charge in [0.25, 0.3) is 0 Å². The fourth-order valence-corrected chi connectivity index (χ4v) is 1.23. The zero-order valence-electron chi connectivity index (χ0n) is 8.79. The summed E-state index contributed by atoms with van der Waals surface area (Å²) in [4.78, 5) is 23.0. The number of hydrogen-bond acceptors (Lipinski definition) is 2. The van der Waals surface area contributed by atoms with Gasteiger partial charge in [-0.2, -0.15) is 0 Å². The molecule has 0 spiro atoms. The molecule has 0 aliphatic rings. The molecule has 0 aliphatic heterocycles. The molecular formula is C12H13ClO2. The maximum absolute atomic E-state index is 11.6. The SMILES string of the molecule is CC(C)C(=O)CC(=O)c1ccc(Cl)cc1. The fraction of sp³-hybridized carbons (Fsp3) is 0.333. The summed E-state index contributed by atoms with van der Waals surface area (Å²) in [7, 11) is 0. The van der Waals surface area contributed by atoms with Gasteiger partial charge in [0.2, 0.25) is 0 Å². The first-order chi connectivity index (χ1) is 7.00. The summed E-state index contributed by atoms with van der Waals surface area (Å²) in [6.45, 7) is 3.58. The minimum absolute atomic E-state index is 0.0285. The normalized spacial score (nSPS) is 10.4. The maximum Gasteiger partial charge on any atom is 0.170 e. The van der Waals surface area contributed by atoms with Crippen LogP contribution in [0.15, 0.2) is 24.3 Å². The molecule has 0 radical (unpaired) electrons. The summed E-state index contributed by atoms with van der Waals surface area (Å²) in [5.74, 6) is -0.276. The van der Waals surface area contributed by atoms with E-state index in [1.807, 2.05) is 0 Å². The number of halogens is 1. The zero-order chi connectivity index (χ0) is 11.4. The summed E-state index contributed by atoms with van der Waals surface area (Å²) < 4.78 is 0. The molecule has 2 nitrogen and oxygen atoms in total. The quantitative estimate of drug-likeness (QED) is 0.582. The van der Waals surface area contributed by atoms with Crippen LogP contribution >= 0.6 is 11.6 Å². The van der Waals surface area contributed by atoms with Crippen molar-refractivity contribution in [1.29, 1.82) is 0 Å². The molecule has 15 heavy (non-hydrogen) atoms. The van der Waals surface area contributed by atoms with E-state index in [0.717, 1.165) is 0 Å². The number of ketones is 2. The topological polar surface area (TPSA) is 34.1 Å². The van der Waals surface area contributed by atoms with Crippen molar-refractivity contribution in [2.75, 3.05) is 0 Å². The van der Waals surface area contributed by atoms with Crippen LogP contribution in [0.2, 0.25) is 5.02 Å². The van der Waals surface area contributed by atoms with Gasteiger partial charge >= 0.3 is 0 Å². The molecule has 0 bridgehead atoms. The van der Waals surface area contributed by atoms with Crippen LogP contribution in [-0.4, -0.2) is 11.6 Å². The molecule has 0 unspecified atom stereocenters. The second kappa shape index (κ2) is 5.08. The molecule has 3 heteroatoms. The van der Waals surface area contributed by atoms with Crippen molar-refractivity contribution in [2.45, 2.75) is 20.3 Å². The summed E-state index contributed by atoms with van der Waals surface area (Å²) >= 11 is 5.69. The summed E-state index contributed by atoms with van der Waals surface area (Å²) in [6.07, 6.45) is -0.0285. The monoisotopic (exact) mass is 224 g/mol. The smallest absolute Gasteiger partial charge is 0.170 e. The van der Waals surface area contributed by atoms with Crippen LogP contribution in [0.5, 0.6) is 0 Å². The van der Waals surface area contributed by atoms with Crippen molar-refractivity contribution in [3.05, 3.63) is 34.9 Å². The van der Waals surface area contributed by atoms with E-state index in [-0.39, 0.29) is 23.9 Å². The van der Waals surface area contributed by atoms with E-state index >= 15 is 0 Å². The second-order valence-electron chi connectivity index (χ2n) is 3.73. The number of rotatable bonds is 4. The van der Waals surface area contributed by atoms with E-state index in [9.17, 15) is 9.59 Å². The van der Waals surface area contributed by atoms with E-state index in [0.29, 0.717) is 10.6 Å². The van der Waals surface area contributed by atoms with Crippen molar-refractivity contribution in [3.8, 4) is 0 Å².